The van der Waals surface area contributed by atoms with Crippen molar-refractivity contribution in [2.45, 2.75) is 98.7 Å². The van der Waals surface area contributed by atoms with Gasteiger partial charge in [-0.25, -0.2) is 9.34 Å². The van der Waals surface area contributed by atoms with E-state index in [1.165, 1.54) is 0 Å². The summed E-state index contributed by atoms with van der Waals surface area (Å²) < 4.78 is 11.4. The van der Waals surface area contributed by atoms with Gasteiger partial charge in [0.05, 0.1) is 19.1 Å². The molecule has 0 fully saturated rings. The molecule has 0 bridgehead atoms. The number of nitriles is 1. The Labute approximate surface area is 146 Å². The van der Waals surface area contributed by atoms with Crippen LogP contribution in [0.25, 0.3) is 0 Å². The Balaban J connectivity index is 5.51. The average Bonchev–Trinajstić information content (AvgIpc) is 2.57. The van der Waals surface area contributed by atoms with Crippen LogP contribution in [0.15, 0.2) is 0 Å². The largest absolute Gasteiger partial charge is 0.330 e. The molecule has 4 nitrogen and oxygen atoms in total. The van der Waals surface area contributed by atoms with Gasteiger partial charge >= 0.3 is 0 Å². The quantitative estimate of drug-likeness (QED) is 0.324. The highest BCUT2D eigenvalue weighted by Gasteiger charge is 2.34. The first-order valence-electron chi connectivity index (χ1n) is 9.32. The van der Waals surface area contributed by atoms with Crippen molar-refractivity contribution in [1.29, 1.82) is 5.26 Å². The maximum atomic E-state index is 8.88. The summed E-state index contributed by atoms with van der Waals surface area (Å²) in [5.41, 5.74) is 0. The molecule has 0 aromatic rings. The maximum absolute atomic E-state index is 8.88. The van der Waals surface area contributed by atoms with Gasteiger partial charge in [0.15, 0.2) is 8.45 Å². The van der Waals surface area contributed by atoms with Gasteiger partial charge in [-0.2, -0.15) is 5.26 Å². The van der Waals surface area contributed by atoms with E-state index >= 15 is 0 Å². The summed E-state index contributed by atoms with van der Waals surface area (Å²) in [6.45, 7) is 17.4. The molecular formula is C18H38N3OP. The van der Waals surface area contributed by atoms with E-state index in [1.54, 1.807) is 0 Å². The Morgan fingerprint density at radius 1 is 0.957 bits per heavy atom. The smallest absolute Gasteiger partial charge is 0.188 e. The van der Waals surface area contributed by atoms with Crippen LogP contribution in [0.3, 0.4) is 0 Å². The molecule has 136 valence electrons. The zero-order valence-electron chi connectivity index (χ0n) is 16.4. The standard InChI is InChI=1S/C18H38N3OP/c1-8-14-20(16(5)9-2)23(22-15-12-13-19)21(17(6)10-3)18(7)11-4/h16-18H,8-12,14-15H2,1-7H3. The molecular weight excluding hydrogens is 305 g/mol. The van der Waals surface area contributed by atoms with Crippen LogP contribution in [0.2, 0.25) is 0 Å². The normalized spacial score (nSPS) is 17.0. The molecule has 0 aliphatic carbocycles. The van der Waals surface area contributed by atoms with Gasteiger partial charge in [0, 0.05) is 24.7 Å². The molecule has 0 heterocycles. The van der Waals surface area contributed by atoms with Crippen LogP contribution in [-0.4, -0.2) is 40.6 Å². The van der Waals surface area contributed by atoms with Crippen molar-refractivity contribution in [3.63, 3.8) is 0 Å². The minimum absolute atomic E-state index is 0.466. The fraction of sp³-hybridized carbons (Fsp3) is 0.944. The van der Waals surface area contributed by atoms with E-state index in [1.807, 2.05) is 0 Å². The predicted octanol–water partition coefficient (Wildman–Crippen LogP) is 5.55. The minimum atomic E-state index is -0.825. The molecule has 0 rings (SSSR count). The highest BCUT2D eigenvalue weighted by Crippen LogP contribution is 2.50. The number of hydrogen-bond donors (Lipinski definition) is 0. The molecule has 4 atom stereocenters. The zero-order chi connectivity index (χ0) is 17.8. The van der Waals surface area contributed by atoms with Crippen molar-refractivity contribution in [3.8, 4) is 6.07 Å². The second-order valence-corrected chi connectivity index (χ2v) is 8.05. The molecule has 0 N–H and O–H groups in total. The highest BCUT2D eigenvalue weighted by molar-refractivity contribution is 7.47. The molecule has 0 spiro atoms. The Kier molecular flexibility index (Phi) is 13.0. The molecule has 4 unspecified atom stereocenters. The fourth-order valence-corrected chi connectivity index (χ4v) is 5.18. The molecule has 23 heavy (non-hydrogen) atoms. The Bertz CT molecular complexity index is 325. The predicted molar refractivity (Wildman–Crippen MR) is 101 cm³/mol. The fourth-order valence-electron chi connectivity index (χ4n) is 2.51. The van der Waals surface area contributed by atoms with Gasteiger partial charge in [0.25, 0.3) is 0 Å². The Hall–Kier alpha value is -0.200. The minimum Gasteiger partial charge on any atom is -0.330 e. The van der Waals surface area contributed by atoms with Gasteiger partial charge in [0.1, 0.15) is 0 Å². The first-order chi connectivity index (χ1) is 11.0. The second-order valence-electron chi connectivity index (χ2n) is 6.31. The summed E-state index contributed by atoms with van der Waals surface area (Å²) in [7, 11) is -0.825. The maximum Gasteiger partial charge on any atom is 0.188 e. The van der Waals surface area contributed by atoms with Crippen molar-refractivity contribution in [2.75, 3.05) is 13.2 Å². The van der Waals surface area contributed by atoms with Crippen molar-refractivity contribution >= 4 is 8.45 Å². The Morgan fingerprint density at radius 3 is 1.87 bits per heavy atom. The Morgan fingerprint density at radius 2 is 1.48 bits per heavy atom. The molecule has 0 aliphatic heterocycles. The van der Waals surface area contributed by atoms with Gasteiger partial charge in [-0.3, -0.25) is 0 Å². The third kappa shape index (κ3) is 7.48. The van der Waals surface area contributed by atoms with Gasteiger partial charge in [-0.1, -0.05) is 27.7 Å². The molecule has 5 heteroatoms. The van der Waals surface area contributed by atoms with Crippen LogP contribution in [0.1, 0.15) is 80.6 Å². The second kappa shape index (κ2) is 13.1. The van der Waals surface area contributed by atoms with Gasteiger partial charge in [-0.05, 0) is 46.5 Å². The molecule has 0 aromatic carbocycles. The summed E-state index contributed by atoms with van der Waals surface area (Å²) in [6, 6.07) is 3.68. The molecule has 0 amide bonds. The van der Waals surface area contributed by atoms with Crippen LogP contribution < -0.4 is 0 Å². The number of hydrogen-bond acceptors (Lipinski definition) is 4. The third-order valence-corrected chi connectivity index (χ3v) is 7.11. The van der Waals surface area contributed by atoms with Gasteiger partial charge in [-0.15, -0.1) is 0 Å². The average molecular weight is 343 g/mol. The van der Waals surface area contributed by atoms with E-state index in [0.29, 0.717) is 31.2 Å². The zero-order valence-corrected chi connectivity index (χ0v) is 17.3. The van der Waals surface area contributed by atoms with Crippen molar-refractivity contribution in [2.24, 2.45) is 0 Å². The highest BCUT2D eigenvalue weighted by atomic mass is 31.2. The van der Waals surface area contributed by atoms with E-state index in [9.17, 15) is 0 Å². The van der Waals surface area contributed by atoms with E-state index in [2.05, 4.69) is 63.9 Å². The summed E-state index contributed by atoms with van der Waals surface area (Å²) in [4.78, 5) is 0. The first kappa shape index (κ1) is 22.8. The van der Waals surface area contributed by atoms with E-state index in [4.69, 9.17) is 9.79 Å². The third-order valence-electron chi connectivity index (χ3n) is 4.48. The molecule has 0 saturated heterocycles. The molecule has 0 aliphatic rings. The van der Waals surface area contributed by atoms with Crippen LogP contribution in [0, 0.1) is 11.3 Å². The SMILES string of the molecule is CCCN(C(C)CC)P(OCCC#N)N(C(C)CC)C(C)CC. The van der Waals surface area contributed by atoms with Crippen molar-refractivity contribution in [1.82, 2.24) is 9.34 Å². The van der Waals surface area contributed by atoms with Crippen molar-refractivity contribution < 1.29 is 4.52 Å². The van der Waals surface area contributed by atoms with Crippen LogP contribution in [0.4, 0.5) is 0 Å². The van der Waals surface area contributed by atoms with Crippen molar-refractivity contribution in [3.05, 3.63) is 0 Å². The van der Waals surface area contributed by atoms with Gasteiger partial charge < -0.3 is 4.52 Å². The lowest BCUT2D eigenvalue weighted by atomic mass is 10.2. The molecule has 0 saturated carbocycles. The topological polar surface area (TPSA) is 39.5 Å². The van der Waals surface area contributed by atoms with Crippen LogP contribution in [0.5, 0.6) is 0 Å². The summed E-state index contributed by atoms with van der Waals surface area (Å²) in [5.74, 6) is 0. The van der Waals surface area contributed by atoms with E-state index < -0.39 is 8.45 Å². The summed E-state index contributed by atoms with van der Waals surface area (Å²) >= 11 is 0. The van der Waals surface area contributed by atoms with E-state index in [0.717, 1.165) is 32.2 Å². The summed E-state index contributed by atoms with van der Waals surface area (Å²) in [5, 5.41) is 8.88. The van der Waals surface area contributed by atoms with Gasteiger partial charge in [0.2, 0.25) is 0 Å². The van der Waals surface area contributed by atoms with Crippen LogP contribution >= 0.6 is 8.45 Å². The lowest BCUT2D eigenvalue weighted by Gasteiger charge is -2.45. The first-order valence-corrected chi connectivity index (χ1v) is 10.5. The monoisotopic (exact) mass is 343 g/mol. The number of rotatable bonds is 13. The lowest BCUT2D eigenvalue weighted by Crippen LogP contribution is -2.43. The van der Waals surface area contributed by atoms with Crippen LogP contribution in [-0.2, 0) is 4.52 Å². The molecule has 0 aromatic heterocycles. The summed E-state index contributed by atoms with van der Waals surface area (Å²) in [6.07, 6.45) is 4.94. The van der Waals surface area contributed by atoms with E-state index in [-0.39, 0.29) is 0 Å². The number of nitrogens with zero attached hydrogens (tertiary/aromatic N) is 3. The molecule has 0 radical (unpaired) electrons. The lowest BCUT2D eigenvalue weighted by molar-refractivity contribution is 0.183.